The Morgan fingerprint density at radius 1 is 1.50 bits per heavy atom. The van der Waals surface area contributed by atoms with Gasteiger partial charge in [-0.05, 0) is 32.8 Å². The number of carbonyl (C=O) groups excluding carboxylic acids is 1. The van der Waals surface area contributed by atoms with E-state index in [-0.39, 0.29) is 6.03 Å². The van der Waals surface area contributed by atoms with Crippen LogP contribution in [-0.4, -0.2) is 65.9 Å². The van der Waals surface area contributed by atoms with E-state index in [1.807, 2.05) is 0 Å². The van der Waals surface area contributed by atoms with Gasteiger partial charge in [-0.3, -0.25) is 0 Å². The number of hydrogen-bond donors (Lipinski definition) is 4. The molecule has 0 saturated carbocycles. The maximum atomic E-state index is 11.3. The summed E-state index contributed by atoms with van der Waals surface area (Å²) in [6, 6.07) is -0.382. The lowest BCUT2D eigenvalue weighted by molar-refractivity contribution is -0.0516. The third kappa shape index (κ3) is 3.46. The van der Waals surface area contributed by atoms with Crippen molar-refractivity contribution in [3.8, 4) is 0 Å². The Labute approximate surface area is 131 Å². The second-order valence-electron chi connectivity index (χ2n) is 6.85. The van der Waals surface area contributed by atoms with Crippen molar-refractivity contribution in [2.24, 2.45) is 0 Å². The second kappa shape index (κ2) is 5.85. The Morgan fingerprint density at radius 3 is 2.68 bits per heavy atom. The summed E-state index contributed by atoms with van der Waals surface area (Å²) in [5, 5.41) is 26.1. The van der Waals surface area contributed by atoms with Gasteiger partial charge in [-0.2, -0.15) is 0 Å². The van der Waals surface area contributed by atoms with Crippen molar-refractivity contribution in [2.45, 2.75) is 37.3 Å². The number of carbonyl (C=O) groups is 1. The highest BCUT2D eigenvalue weighted by Gasteiger charge is 2.53. The fourth-order valence-corrected chi connectivity index (χ4v) is 3.67. The highest BCUT2D eigenvalue weighted by Crippen LogP contribution is 2.42. The zero-order valence-corrected chi connectivity index (χ0v) is 14.2. The summed E-state index contributed by atoms with van der Waals surface area (Å²) >= 11 is 0. The molecule has 1 fully saturated rings. The van der Waals surface area contributed by atoms with Gasteiger partial charge in [0.25, 0.3) is 0 Å². The van der Waals surface area contributed by atoms with Gasteiger partial charge in [0.05, 0.1) is 6.10 Å². The minimum Gasteiger partial charge on any atom is -0.387 e. The van der Waals surface area contributed by atoms with Crippen LogP contribution < -0.4 is 10.6 Å². The van der Waals surface area contributed by atoms with Gasteiger partial charge in [0.1, 0.15) is 17.8 Å². The summed E-state index contributed by atoms with van der Waals surface area (Å²) in [4.78, 5) is 11.3. The average Bonchev–Trinajstić information content (AvgIpc) is 2.59. The maximum Gasteiger partial charge on any atom is 0.323 e. The third-order valence-electron chi connectivity index (χ3n) is 4.07. The Morgan fingerprint density at radius 2 is 2.14 bits per heavy atom. The van der Waals surface area contributed by atoms with Crippen LogP contribution in [0, 0.1) is 0 Å². The number of ether oxygens (including phenoxy) is 1. The first-order valence-corrected chi connectivity index (χ1v) is 10.3. The summed E-state index contributed by atoms with van der Waals surface area (Å²) in [7, 11) is 0. The first-order chi connectivity index (χ1) is 10.0. The van der Waals surface area contributed by atoms with Crippen molar-refractivity contribution < 1.29 is 19.7 Å². The second-order valence-corrected chi connectivity index (χ2v) is 11.2. The average molecular weight is 328 g/mol. The van der Waals surface area contributed by atoms with Gasteiger partial charge >= 0.3 is 6.03 Å². The molecule has 2 aliphatic heterocycles. The molecule has 4 N–H and O–H groups in total. The smallest absolute Gasteiger partial charge is 0.323 e. The van der Waals surface area contributed by atoms with Crippen molar-refractivity contribution in [2.75, 3.05) is 19.5 Å². The first-order valence-electron chi connectivity index (χ1n) is 7.22. The van der Waals surface area contributed by atoms with Gasteiger partial charge in [-0.25, -0.2) is 4.79 Å². The SMILES string of the molecule is C=C1NC(=O)NC=C1[C@@H]1O[C@H](CCP(=C)(C)C)[C@@H](O)[C@@]1(C)O. The third-order valence-corrected chi connectivity index (χ3v) is 5.53. The molecule has 2 amide bonds. The molecule has 7 heteroatoms. The molecule has 0 radical (unpaired) electrons. The predicted molar refractivity (Wildman–Crippen MR) is 89.6 cm³/mol. The summed E-state index contributed by atoms with van der Waals surface area (Å²) in [6.45, 7) is 8.32. The summed E-state index contributed by atoms with van der Waals surface area (Å²) in [6.07, 6.45) is 4.90. The normalized spacial score (nSPS) is 35.9. The van der Waals surface area contributed by atoms with Crippen molar-refractivity contribution in [1.82, 2.24) is 10.6 Å². The highest BCUT2D eigenvalue weighted by molar-refractivity contribution is 7.72. The van der Waals surface area contributed by atoms with E-state index in [2.05, 4.69) is 36.8 Å². The number of amides is 2. The molecule has 0 bridgehead atoms. The zero-order chi connectivity index (χ0) is 16.7. The van der Waals surface area contributed by atoms with Gasteiger partial charge < -0.3 is 25.6 Å². The molecule has 0 spiro atoms. The number of rotatable bonds is 4. The van der Waals surface area contributed by atoms with Gasteiger partial charge in [-0.15, -0.1) is 13.2 Å². The molecule has 2 rings (SSSR count). The van der Waals surface area contributed by atoms with Crippen LogP contribution in [0.25, 0.3) is 0 Å². The first kappa shape index (κ1) is 17.3. The van der Waals surface area contributed by atoms with E-state index >= 15 is 0 Å². The van der Waals surface area contributed by atoms with Crippen molar-refractivity contribution in [3.05, 3.63) is 24.0 Å². The maximum absolute atomic E-state index is 11.3. The minimum absolute atomic E-state index is 0.367. The Hall–Kier alpha value is -1.07. The summed E-state index contributed by atoms with van der Waals surface area (Å²) in [5.41, 5.74) is -0.547. The van der Waals surface area contributed by atoms with Crippen LogP contribution in [-0.2, 0) is 4.74 Å². The number of hydrogen-bond acceptors (Lipinski definition) is 4. The van der Waals surface area contributed by atoms with Crippen LogP contribution in [0.15, 0.2) is 24.0 Å². The topological polar surface area (TPSA) is 90.8 Å². The van der Waals surface area contributed by atoms with E-state index in [0.29, 0.717) is 17.7 Å². The number of aliphatic hydroxyl groups excluding tert-OH is 1. The van der Waals surface area contributed by atoms with Crippen LogP contribution in [0.5, 0.6) is 0 Å². The molecule has 6 nitrogen and oxygen atoms in total. The van der Waals surface area contributed by atoms with E-state index in [0.717, 1.165) is 6.16 Å². The van der Waals surface area contributed by atoms with E-state index in [1.54, 1.807) is 0 Å². The van der Waals surface area contributed by atoms with Gasteiger partial charge in [-0.1, -0.05) is 6.58 Å². The molecule has 2 aliphatic rings. The molecule has 4 atom stereocenters. The van der Waals surface area contributed by atoms with Crippen molar-refractivity contribution >= 4 is 19.2 Å². The van der Waals surface area contributed by atoms with Crippen LogP contribution in [0.1, 0.15) is 13.3 Å². The molecule has 22 heavy (non-hydrogen) atoms. The lowest BCUT2D eigenvalue weighted by Gasteiger charge is -2.30. The molecule has 124 valence electrons. The molecule has 1 saturated heterocycles. The summed E-state index contributed by atoms with van der Waals surface area (Å²) < 4.78 is 5.90. The molecule has 2 heterocycles. The van der Waals surface area contributed by atoms with Crippen LogP contribution >= 0.6 is 6.89 Å². The number of nitrogens with one attached hydrogen (secondary N) is 2. The largest absolute Gasteiger partial charge is 0.387 e. The lowest BCUT2D eigenvalue weighted by atomic mass is 9.87. The van der Waals surface area contributed by atoms with Crippen LogP contribution in [0.2, 0.25) is 0 Å². The fraction of sp³-hybridized carbons (Fsp3) is 0.600. The molecular weight excluding hydrogens is 303 g/mol. The Bertz CT molecular complexity index is 564. The van der Waals surface area contributed by atoms with Crippen molar-refractivity contribution in [1.29, 1.82) is 0 Å². The molecule has 0 aromatic heterocycles. The molecule has 0 unspecified atom stereocenters. The van der Waals surface area contributed by atoms with Crippen molar-refractivity contribution in [3.63, 3.8) is 0 Å². The fourth-order valence-electron chi connectivity index (χ4n) is 2.72. The lowest BCUT2D eigenvalue weighted by Crippen LogP contribution is -2.49. The Balaban J connectivity index is 2.18. The number of aliphatic hydroxyl groups is 2. The van der Waals surface area contributed by atoms with Gasteiger partial charge in [0.2, 0.25) is 0 Å². The molecular formula is C15H25N2O4P. The minimum atomic E-state index is -1.45. The zero-order valence-electron chi connectivity index (χ0n) is 13.3. The summed E-state index contributed by atoms with van der Waals surface area (Å²) in [5.74, 6) is 0. The molecule has 0 aromatic rings. The predicted octanol–water partition coefficient (Wildman–Crippen LogP) is 0.675. The molecule has 0 aromatic carbocycles. The van der Waals surface area contributed by atoms with Crippen LogP contribution in [0.4, 0.5) is 4.79 Å². The van der Waals surface area contributed by atoms with E-state index in [9.17, 15) is 15.0 Å². The van der Waals surface area contributed by atoms with E-state index in [4.69, 9.17) is 4.74 Å². The molecule has 0 aliphatic carbocycles. The van der Waals surface area contributed by atoms with E-state index < -0.39 is 30.8 Å². The Kier molecular flexibility index (Phi) is 4.60. The highest BCUT2D eigenvalue weighted by atomic mass is 31.2. The van der Waals surface area contributed by atoms with Gasteiger partial charge in [0.15, 0.2) is 0 Å². The van der Waals surface area contributed by atoms with E-state index in [1.165, 1.54) is 13.1 Å². The van der Waals surface area contributed by atoms with Gasteiger partial charge in [0, 0.05) is 17.5 Å². The monoisotopic (exact) mass is 328 g/mol. The quantitative estimate of drug-likeness (QED) is 0.571. The standard InChI is InChI=1S/C15H25N2O4P/c1-9-10(8-16-14(19)17-9)13-15(2,20)12(18)11(21-13)6-7-22(3,4)5/h8,11-13,18,20H,1,3,6-7H2,2,4-5H3,(H2,16,17,19)/t11-,12-,13+,15-/m1/s1. The number of urea groups is 1. The van der Waals surface area contributed by atoms with Crippen LogP contribution in [0.3, 0.4) is 0 Å².